The molecule has 0 radical (unpaired) electrons. The molecule has 0 fully saturated rings. The Bertz CT molecular complexity index is 711. The number of fused-ring (bicyclic) bond motifs is 1. The van der Waals surface area contributed by atoms with Gasteiger partial charge in [0, 0.05) is 18.3 Å². The number of likely N-dealkylation sites (N-methyl/N-ethyl adjacent to an activating group) is 1. The molecule has 0 saturated carbocycles. The summed E-state index contributed by atoms with van der Waals surface area (Å²) in [6.07, 6.45) is 1.72. The number of rotatable bonds is 5. The van der Waals surface area contributed by atoms with E-state index in [1.165, 1.54) is 5.56 Å². The van der Waals surface area contributed by atoms with E-state index >= 15 is 0 Å². The van der Waals surface area contributed by atoms with E-state index in [1.54, 1.807) is 17.5 Å². The quantitative estimate of drug-likeness (QED) is 0.852. The van der Waals surface area contributed by atoms with E-state index in [1.807, 2.05) is 34.0 Å². The zero-order valence-electron chi connectivity index (χ0n) is 13.8. The maximum Gasteiger partial charge on any atom is 0.343 e. The lowest BCUT2D eigenvalue weighted by Crippen LogP contribution is -2.27. The number of hydrogen-bond donors (Lipinski definition) is 1. The van der Waals surface area contributed by atoms with Crippen molar-refractivity contribution in [1.82, 2.24) is 9.88 Å². The van der Waals surface area contributed by atoms with Crippen molar-refractivity contribution in [3.05, 3.63) is 45.8 Å². The van der Waals surface area contributed by atoms with Crippen LogP contribution in [0.3, 0.4) is 0 Å². The maximum absolute atomic E-state index is 12.2. The van der Waals surface area contributed by atoms with E-state index in [0.717, 1.165) is 5.56 Å². The molecule has 3 rings (SSSR count). The van der Waals surface area contributed by atoms with E-state index in [4.69, 9.17) is 4.74 Å². The highest BCUT2D eigenvalue weighted by molar-refractivity contribution is 7.07. The predicted molar refractivity (Wildman–Crippen MR) is 91.9 cm³/mol. The number of ether oxygens (including phenoxy) is 1. The molecule has 1 atom stereocenters. The number of thiophene rings is 1. The zero-order chi connectivity index (χ0) is 16.6. The molecule has 6 heteroatoms. The van der Waals surface area contributed by atoms with Gasteiger partial charge < -0.3 is 15.0 Å². The van der Waals surface area contributed by atoms with Crippen LogP contribution in [0.1, 0.15) is 41.4 Å². The minimum Gasteiger partial charge on any atom is -0.451 e. The van der Waals surface area contributed by atoms with Crippen LogP contribution in [0.25, 0.3) is 0 Å². The summed E-state index contributed by atoms with van der Waals surface area (Å²) in [6.45, 7) is 4.46. The second-order valence-corrected chi connectivity index (χ2v) is 7.18. The number of carbonyl (C=O) groups is 1. The molecule has 0 bridgehead atoms. The van der Waals surface area contributed by atoms with Gasteiger partial charge in [0.2, 0.25) is 0 Å². The summed E-state index contributed by atoms with van der Waals surface area (Å²) in [7, 11) is 4.09. The lowest BCUT2D eigenvalue weighted by molar-refractivity contribution is 0.00958. The molecular formula is C17H21N3O2S. The number of hydrogen-bond acceptors (Lipinski definition) is 6. The average molecular weight is 331 g/mol. The molecule has 1 aliphatic rings. The van der Waals surface area contributed by atoms with E-state index < -0.39 is 5.60 Å². The second kappa shape index (κ2) is 5.94. The minimum atomic E-state index is -0.597. The number of cyclic esters (lactones) is 1. The molecule has 0 unspecified atom stereocenters. The van der Waals surface area contributed by atoms with Crippen molar-refractivity contribution in [3.63, 3.8) is 0 Å². The Labute approximate surface area is 140 Å². The van der Waals surface area contributed by atoms with Crippen LogP contribution in [-0.2, 0) is 10.3 Å². The first kappa shape index (κ1) is 16.0. The molecule has 1 aliphatic heterocycles. The van der Waals surface area contributed by atoms with Crippen molar-refractivity contribution >= 4 is 23.1 Å². The first-order chi connectivity index (χ1) is 10.9. The number of esters is 1. The Kier molecular flexibility index (Phi) is 4.12. The van der Waals surface area contributed by atoms with Crippen molar-refractivity contribution in [2.24, 2.45) is 0 Å². The molecule has 0 aliphatic carbocycles. The van der Waals surface area contributed by atoms with Gasteiger partial charge in [-0.3, -0.25) is 0 Å². The van der Waals surface area contributed by atoms with Gasteiger partial charge in [-0.15, -0.1) is 0 Å². The Balaban J connectivity index is 1.85. The topological polar surface area (TPSA) is 54.5 Å². The number of nitrogens with zero attached hydrogens (tertiary/aromatic N) is 2. The fourth-order valence-corrected chi connectivity index (χ4v) is 3.61. The zero-order valence-corrected chi connectivity index (χ0v) is 14.6. The molecule has 0 aromatic carbocycles. The number of nitrogens with one attached hydrogen (secondary N) is 1. The summed E-state index contributed by atoms with van der Waals surface area (Å²) in [4.78, 5) is 18.7. The lowest BCUT2D eigenvalue weighted by Gasteiger charge is -2.24. The molecule has 3 heterocycles. The summed E-state index contributed by atoms with van der Waals surface area (Å²) in [5, 5.41) is 7.55. The first-order valence-electron chi connectivity index (χ1n) is 7.55. The Morgan fingerprint density at radius 2 is 2.17 bits per heavy atom. The van der Waals surface area contributed by atoms with Gasteiger partial charge in [0.15, 0.2) is 0 Å². The van der Waals surface area contributed by atoms with Gasteiger partial charge >= 0.3 is 5.97 Å². The summed E-state index contributed by atoms with van der Waals surface area (Å²) >= 11 is 1.68. The van der Waals surface area contributed by atoms with Gasteiger partial charge in [0.25, 0.3) is 0 Å². The van der Waals surface area contributed by atoms with Crippen molar-refractivity contribution in [3.8, 4) is 0 Å². The van der Waals surface area contributed by atoms with Crippen LogP contribution >= 0.6 is 11.3 Å². The highest BCUT2D eigenvalue weighted by atomic mass is 32.1. The Morgan fingerprint density at radius 3 is 2.83 bits per heavy atom. The standard InChI is InChI=1S/C17H21N3O2S/c1-17(2)12-5-7-18-15(14(12)16(21)22-17)19-9-13(20(3)4)11-6-8-23-10-11/h5-8,10,13H,9H2,1-4H3,(H,18,19)/t13-/m1/s1. The van der Waals surface area contributed by atoms with Crippen LogP contribution in [0.5, 0.6) is 0 Å². The summed E-state index contributed by atoms with van der Waals surface area (Å²) in [6, 6.07) is 4.19. The molecule has 5 nitrogen and oxygen atoms in total. The van der Waals surface area contributed by atoms with Crippen LogP contribution < -0.4 is 5.32 Å². The van der Waals surface area contributed by atoms with Crippen molar-refractivity contribution in [2.45, 2.75) is 25.5 Å². The largest absolute Gasteiger partial charge is 0.451 e. The molecule has 122 valence electrons. The van der Waals surface area contributed by atoms with Gasteiger partial charge in [0.1, 0.15) is 17.0 Å². The molecule has 1 N–H and O–H groups in total. The first-order valence-corrected chi connectivity index (χ1v) is 8.49. The SMILES string of the molecule is CN(C)[C@H](CNc1nccc2c1C(=O)OC2(C)C)c1ccsc1. The van der Waals surface area contributed by atoms with Crippen molar-refractivity contribution < 1.29 is 9.53 Å². The summed E-state index contributed by atoms with van der Waals surface area (Å²) in [5.74, 6) is 0.290. The fourth-order valence-electron chi connectivity index (χ4n) is 2.90. The molecule has 23 heavy (non-hydrogen) atoms. The van der Waals surface area contributed by atoms with E-state index in [-0.39, 0.29) is 12.0 Å². The Hall–Kier alpha value is -1.92. The number of aromatic nitrogens is 1. The van der Waals surface area contributed by atoms with Gasteiger partial charge in [0.05, 0.1) is 6.04 Å². The maximum atomic E-state index is 12.2. The smallest absolute Gasteiger partial charge is 0.343 e. The normalized spacial score (nSPS) is 17.0. The van der Waals surface area contributed by atoms with Gasteiger partial charge in [-0.25, -0.2) is 9.78 Å². The molecule has 2 aromatic rings. The third-order valence-electron chi connectivity index (χ3n) is 4.17. The number of pyridine rings is 1. The highest BCUT2D eigenvalue weighted by Gasteiger charge is 2.40. The molecule has 2 aromatic heterocycles. The van der Waals surface area contributed by atoms with Crippen LogP contribution in [0.15, 0.2) is 29.1 Å². The fraction of sp³-hybridized carbons (Fsp3) is 0.412. The third kappa shape index (κ3) is 2.96. The molecular weight excluding hydrogens is 310 g/mol. The van der Waals surface area contributed by atoms with E-state index in [9.17, 15) is 4.79 Å². The van der Waals surface area contributed by atoms with E-state index in [2.05, 4.69) is 32.0 Å². The van der Waals surface area contributed by atoms with Crippen LogP contribution in [-0.4, -0.2) is 36.5 Å². The van der Waals surface area contributed by atoms with Crippen LogP contribution in [0.2, 0.25) is 0 Å². The molecule has 0 amide bonds. The van der Waals surface area contributed by atoms with E-state index in [0.29, 0.717) is 17.9 Å². The highest BCUT2D eigenvalue weighted by Crippen LogP contribution is 2.38. The second-order valence-electron chi connectivity index (χ2n) is 6.40. The van der Waals surface area contributed by atoms with Crippen molar-refractivity contribution in [2.75, 3.05) is 26.0 Å². The number of anilines is 1. The number of carbonyl (C=O) groups excluding carboxylic acids is 1. The lowest BCUT2D eigenvalue weighted by atomic mass is 9.97. The van der Waals surface area contributed by atoms with Gasteiger partial charge in [-0.2, -0.15) is 11.3 Å². The van der Waals surface area contributed by atoms with Crippen molar-refractivity contribution in [1.29, 1.82) is 0 Å². The van der Waals surface area contributed by atoms with Crippen LogP contribution in [0, 0.1) is 0 Å². The predicted octanol–water partition coefficient (Wildman–Crippen LogP) is 3.26. The van der Waals surface area contributed by atoms with Gasteiger partial charge in [-0.1, -0.05) is 0 Å². The molecule has 0 spiro atoms. The summed E-state index contributed by atoms with van der Waals surface area (Å²) in [5.41, 5.74) is 2.10. The molecule has 0 saturated heterocycles. The monoisotopic (exact) mass is 331 g/mol. The summed E-state index contributed by atoms with van der Waals surface area (Å²) < 4.78 is 5.46. The third-order valence-corrected chi connectivity index (χ3v) is 4.87. The van der Waals surface area contributed by atoms with Crippen LogP contribution in [0.4, 0.5) is 5.82 Å². The minimum absolute atomic E-state index is 0.212. The Morgan fingerprint density at radius 1 is 1.39 bits per heavy atom. The average Bonchev–Trinajstić information content (AvgIpc) is 3.07. The van der Waals surface area contributed by atoms with Gasteiger partial charge in [-0.05, 0) is 56.4 Å².